The molecular weight excluding hydrogens is 264 g/mol. The molecule has 0 saturated carbocycles. The number of rotatable bonds is 5. The van der Waals surface area contributed by atoms with Gasteiger partial charge in [-0.15, -0.1) is 12.4 Å². The van der Waals surface area contributed by atoms with Gasteiger partial charge in [-0.25, -0.2) is 8.42 Å². The van der Waals surface area contributed by atoms with Gasteiger partial charge in [0.05, 0.1) is 5.75 Å². The Balaban J connectivity index is 0.00000256. The van der Waals surface area contributed by atoms with Crippen molar-refractivity contribution in [1.29, 1.82) is 0 Å². The fourth-order valence-electron chi connectivity index (χ4n) is 1.83. The van der Waals surface area contributed by atoms with Crippen molar-refractivity contribution < 1.29 is 13.2 Å². The minimum absolute atomic E-state index is 0. The average Bonchev–Trinajstić information content (AvgIpc) is 2.17. The zero-order valence-corrected chi connectivity index (χ0v) is 11.7. The Hall–Kier alpha value is -0.330. The number of hydrogen-bond donors (Lipinski definition) is 2. The van der Waals surface area contributed by atoms with E-state index in [0.717, 1.165) is 25.9 Å². The summed E-state index contributed by atoms with van der Waals surface area (Å²) in [5.74, 6) is -0.664. The van der Waals surface area contributed by atoms with Crippen molar-refractivity contribution in [3.63, 3.8) is 0 Å². The van der Waals surface area contributed by atoms with Gasteiger partial charge in [0.15, 0.2) is 9.84 Å². The third-order valence-electron chi connectivity index (χ3n) is 2.53. The van der Waals surface area contributed by atoms with Crippen molar-refractivity contribution in [3.8, 4) is 0 Å². The predicted molar refractivity (Wildman–Crippen MR) is 70.2 cm³/mol. The molecule has 102 valence electrons. The number of carbonyl (C=O) groups is 1. The first-order chi connectivity index (χ1) is 7.53. The van der Waals surface area contributed by atoms with Gasteiger partial charge >= 0.3 is 0 Å². The molecule has 0 aliphatic carbocycles. The molecule has 1 amide bonds. The predicted octanol–water partition coefficient (Wildman–Crippen LogP) is 0.101. The molecule has 17 heavy (non-hydrogen) atoms. The van der Waals surface area contributed by atoms with Gasteiger partial charge in [0.1, 0.15) is 5.75 Å². The smallest absolute Gasteiger partial charge is 0.235 e. The summed E-state index contributed by atoms with van der Waals surface area (Å²) in [5.41, 5.74) is 0. The van der Waals surface area contributed by atoms with Crippen LogP contribution >= 0.6 is 12.4 Å². The molecule has 7 heteroatoms. The largest absolute Gasteiger partial charge is 0.351 e. The summed E-state index contributed by atoms with van der Waals surface area (Å²) in [5, 5.41) is 5.92. The van der Waals surface area contributed by atoms with Gasteiger partial charge in [-0.2, -0.15) is 0 Å². The average molecular weight is 285 g/mol. The maximum absolute atomic E-state index is 11.5. The lowest BCUT2D eigenvalue weighted by atomic mass is 10.1. The fourth-order valence-corrected chi connectivity index (χ4v) is 3.08. The molecule has 0 aromatic carbocycles. The molecule has 1 atom stereocenters. The molecule has 1 rings (SSSR count). The molecule has 0 spiro atoms. The summed E-state index contributed by atoms with van der Waals surface area (Å²) >= 11 is 0. The molecular formula is C10H21ClN2O3S. The Morgan fingerprint density at radius 2 is 2.18 bits per heavy atom. The van der Waals surface area contributed by atoms with E-state index in [0.29, 0.717) is 6.42 Å². The summed E-state index contributed by atoms with van der Waals surface area (Å²) in [6.45, 7) is 3.50. The molecule has 2 N–H and O–H groups in total. The van der Waals surface area contributed by atoms with Crippen molar-refractivity contribution in [2.75, 3.05) is 24.6 Å². The Morgan fingerprint density at radius 3 is 2.71 bits per heavy atom. The van der Waals surface area contributed by atoms with Crippen molar-refractivity contribution in [2.45, 2.75) is 32.2 Å². The van der Waals surface area contributed by atoms with Crippen molar-refractivity contribution >= 4 is 28.2 Å². The molecule has 1 saturated heterocycles. The maximum Gasteiger partial charge on any atom is 0.235 e. The summed E-state index contributed by atoms with van der Waals surface area (Å²) < 4.78 is 22.8. The lowest BCUT2D eigenvalue weighted by Crippen LogP contribution is -2.47. The number of hydrogen-bond acceptors (Lipinski definition) is 4. The monoisotopic (exact) mass is 284 g/mol. The van der Waals surface area contributed by atoms with E-state index in [1.807, 2.05) is 0 Å². The van der Waals surface area contributed by atoms with Crippen LogP contribution in [0.15, 0.2) is 0 Å². The van der Waals surface area contributed by atoms with E-state index in [9.17, 15) is 13.2 Å². The second kappa shape index (κ2) is 7.89. The van der Waals surface area contributed by atoms with Crippen LogP contribution in [0.25, 0.3) is 0 Å². The molecule has 0 aromatic rings. The van der Waals surface area contributed by atoms with Crippen molar-refractivity contribution in [1.82, 2.24) is 10.6 Å². The number of piperidine rings is 1. The lowest BCUT2D eigenvalue weighted by molar-refractivity contribution is -0.119. The second-order valence-corrected chi connectivity index (χ2v) is 6.39. The van der Waals surface area contributed by atoms with E-state index in [4.69, 9.17) is 0 Å². The van der Waals surface area contributed by atoms with E-state index < -0.39 is 9.84 Å². The molecule has 1 fully saturated rings. The molecule has 5 nitrogen and oxygen atoms in total. The topological polar surface area (TPSA) is 75.3 Å². The third kappa shape index (κ3) is 6.85. The van der Waals surface area contributed by atoms with E-state index >= 15 is 0 Å². The molecule has 1 aliphatic heterocycles. The van der Waals surface area contributed by atoms with Crippen LogP contribution in [0.4, 0.5) is 0 Å². The van der Waals surface area contributed by atoms with Gasteiger partial charge in [-0.3, -0.25) is 4.79 Å². The summed E-state index contributed by atoms with van der Waals surface area (Å²) in [4.78, 5) is 11.5. The molecule has 1 aliphatic rings. The molecule has 1 unspecified atom stereocenters. The first kappa shape index (κ1) is 16.7. The second-order valence-electron chi connectivity index (χ2n) is 4.20. The van der Waals surface area contributed by atoms with Crippen LogP contribution in [-0.2, 0) is 14.6 Å². The van der Waals surface area contributed by atoms with Crippen LogP contribution in [0.2, 0.25) is 0 Å². The fraction of sp³-hybridized carbons (Fsp3) is 0.900. The van der Waals surface area contributed by atoms with Gasteiger partial charge < -0.3 is 10.6 Å². The first-order valence-electron chi connectivity index (χ1n) is 5.74. The quantitative estimate of drug-likeness (QED) is 0.751. The van der Waals surface area contributed by atoms with Crippen LogP contribution < -0.4 is 10.6 Å². The number of carbonyl (C=O) groups excluding carboxylic acids is 1. The highest BCUT2D eigenvalue weighted by Gasteiger charge is 2.19. The summed E-state index contributed by atoms with van der Waals surface area (Å²) in [6, 6.07) is 0.0816. The Morgan fingerprint density at radius 1 is 1.47 bits per heavy atom. The Bertz CT molecular complexity index is 326. The SMILES string of the molecule is CCCS(=O)(=O)CC(=O)NC1CCCNC1.Cl. The van der Waals surface area contributed by atoms with Gasteiger partial charge in [-0.05, 0) is 25.8 Å². The van der Waals surface area contributed by atoms with Gasteiger partial charge in [0, 0.05) is 12.6 Å². The summed E-state index contributed by atoms with van der Waals surface area (Å²) in [6.07, 6.45) is 2.50. The normalized spacial score (nSPS) is 20.4. The highest BCUT2D eigenvalue weighted by molar-refractivity contribution is 7.92. The van der Waals surface area contributed by atoms with Crippen LogP contribution in [0.5, 0.6) is 0 Å². The molecule has 0 radical (unpaired) electrons. The van der Waals surface area contributed by atoms with Crippen LogP contribution in [-0.4, -0.2) is 45.0 Å². The maximum atomic E-state index is 11.5. The third-order valence-corrected chi connectivity index (χ3v) is 4.26. The number of amides is 1. The number of halogens is 1. The highest BCUT2D eigenvalue weighted by Crippen LogP contribution is 2.01. The number of nitrogens with one attached hydrogen (secondary N) is 2. The van der Waals surface area contributed by atoms with Crippen molar-refractivity contribution in [2.24, 2.45) is 0 Å². The van der Waals surface area contributed by atoms with Crippen LogP contribution in [0.1, 0.15) is 26.2 Å². The Labute approximate surface area is 109 Å². The summed E-state index contributed by atoms with van der Waals surface area (Å²) in [7, 11) is -3.21. The zero-order valence-electron chi connectivity index (χ0n) is 10.1. The minimum Gasteiger partial charge on any atom is -0.351 e. The van der Waals surface area contributed by atoms with Crippen LogP contribution in [0, 0.1) is 0 Å². The van der Waals surface area contributed by atoms with Crippen LogP contribution in [0.3, 0.4) is 0 Å². The van der Waals surface area contributed by atoms with E-state index in [2.05, 4.69) is 10.6 Å². The minimum atomic E-state index is -3.21. The first-order valence-corrected chi connectivity index (χ1v) is 7.56. The van der Waals surface area contributed by atoms with Gasteiger partial charge in [-0.1, -0.05) is 6.92 Å². The molecule has 0 aromatic heterocycles. The Kier molecular flexibility index (Phi) is 7.74. The zero-order chi connectivity index (χ0) is 12.0. The van der Waals surface area contributed by atoms with Crippen molar-refractivity contribution in [3.05, 3.63) is 0 Å². The van der Waals surface area contributed by atoms with E-state index in [1.165, 1.54) is 0 Å². The van der Waals surface area contributed by atoms with Gasteiger partial charge in [0.25, 0.3) is 0 Å². The highest BCUT2D eigenvalue weighted by atomic mass is 35.5. The number of sulfone groups is 1. The molecule has 1 heterocycles. The standard InChI is InChI=1S/C10H20N2O3S.ClH/c1-2-6-16(14,15)8-10(13)12-9-4-3-5-11-7-9;/h9,11H,2-8H2,1H3,(H,12,13);1H. The lowest BCUT2D eigenvalue weighted by Gasteiger charge is -2.23. The van der Waals surface area contributed by atoms with E-state index in [-0.39, 0.29) is 35.9 Å². The van der Waals surface area contributed by atoms with Gasteiger partial charge in [0.2, 0.25) is 5.91 Å². The van der Waals surface area contributed by atoms with E-state index in [1.54, 1.807) is 6.92 Å². The molecule has 0 bridgehead atoms.